The van der Waals surface area contributed by atoms with Gasteiger partial charge in [0, 0.05) is 50.4 Å². The van der Waals surface area contributed by atoms with Gasteiger partial charge in [-0.1, -0.05) is 44.2 Å². The van der Waals surface area contributed by atoms with Crippen molar-refractivity contribution in [1.82, 2.24) is 58.1 Å². The lowest BCUT2D eigenvalue weighted by atomic mass is 10.00. The lowest BCUT2D eigenvalue weighted by molar-refractivity contribution is -0.136. The van der Waals surface area contributed by atoms with E-state index in [1.807, 2.05) is 7.05 Å². The standard InChI is InChI=1S/C55H88N16O12/c1-31(2)29-42-52(80)63-37(15-20-56)47(75)62-40(18-23-59)51(79)69-44(32(3)72)54(82)60-24-19-41(50(78)61-38(16-21-57)49(77)67-43(53(81)66-42)30-34-9-7-6-8-10-34)64-48(76)39(17-22-58)65-55(83)45(33(4)73)68-46(74)35-11-13-36(14-12-35)71-27-25-70(5)26-28-71/h6-14,31-33,37-45,72-73H,15-30,56-59H2,1-5H3,(H,60,82)(H,61,78)(H,62,75)(H,63,80)(H,64,76)(H,65,83)(H,66,81)(H,67,77)(H,68,74)(H,69,79)/t32?,33?,37-,38-,39-,40-,41-,42-,43+,44-,45-/m0/s1. The lowest BCUT2D eigenvalue weighted by Crippen LogP contribution is -2.61. The summed E-state index contributed by atoms with van der Waals surface area (Å²) in [7, 11) is 2.03. The average Bonchev–Trinajstić information content (AvgIpc) is 3.63. The monoisotopic (exact) mass is 1160 g/mol. The lowest BCUT2D eigenvalue weighted by Gasteiger charge is -2.34. The smallest absolute Gasteiger partial charge is 0.252 e. The molecule has 20 N–H and O–H groups in total. The zero-order valence-electron chi connectivity index (χ0n) is 48.1. The van der Waals surface area contributed by atoms with Gasteiger partial charge in [-0.25, -0.2) is 0 Å². The van der Waals surface area contributed by atoms with E-state index in [1.165, 1.54) is 13.8 Å². The summed E-state index contributed by atoms with van der Waals surface area (Å²) in [5.41, 5.74) is 25.3. The van der Waals surface area contributed by atoms with Gasteiger partial charge in [-0.15, -0.1) is 0 Å². The number of carbonyl (C=O) groups is 10. The molecule has 2 unspecified atom stereocenters. The summed E-state index contributed by atoms with van der Waals surface area (Å²) >= 11 is 0. The first-order valence-electron chi connectivity index (χ1n) is 28.3. The number of nitrogens with two attached hydrogens (primary N) is 4. The van der Waals surface area contributed by atoms with Gasteiger partial charge in [0.15, 0.2) is 0 Å². The molecule has 11 atom stereocenters. The van der Waals surface area contributed by atoms with Crippen molar-refractivity contribution in [2.45, 2.75) is 139 Å². The van der Waals surface area contributed by atoms with Crippen molar-refractivity contribution in [3.63, 3.8) is 0 Å². The average molecular weight is 1170 g/mol. The largest absolute Gasteiger partial charge is 0.391 e. The van der Waals surface area contributed by atoms with Crippen LogP contribution in [-0.2, 0) is 49.6 Å². The molecule has 0 bridgehead atoms. The quantitative estimate of drug-likeness (QED) is 0.0554. The molecule has 0 saturated carbocycles. The van der Waals surface area contributed by atoms with Gasteiger partial charge in [-0.2, -0.15) is 0 Å². The van der Waals surface area contributed by atoms with Crippen molar-refractivity contribution < 1.29 is 58.2 Å². The molecule has 2 aromatic rings. The fourth-order valence-electron chi connectivity index (χ4n) is 9.29. The highest BCUT2D eigenvalue weighted by Gasteiger charge is 2.37. The van der Waals surface area contributed by atoms with E-state index in [2.05, 4.69) is 63.0 Å². The third kappa shape index (κ3) is 21.7. The number of amides is 10. The summed E-state index contributed by atoms with van der Waals surface area (Å²) in [5, 5.41) is 47.3. The Morgan fingerprint density at radius 2 is 1.11 bits per heavy atom. The van der Waals surface area contributed by atoms with Gasteiger partial charge in [0.05, 0.1) is 12.2 Å². The van der Waals surface area contributed by atoms with Crippen molar-refractivity contribution in [2.24, 2.45) is 28.9 Å². The van der Waals surface area contributed by atoms with Crippen LogP contribution in [0.25, 0.3) is 0 Å². The van der Waals surface area contributed by atoms with Crippen LogP contribution in [0.2, 0.25) is 0 Å². The van der Waals surface area contributed by atoms with E-state index in [0.717, 1.165) is 31.9 Å². The normalized spacial score (nSPS) is 23.8. The third-order valence-electron chi connectivity index (χ3n) is 14.1. The number of rotatable bonds is 21. The van der Waals surface area contributed by atoms with Gasteiger partial charge < -0.3 is 96.1 Å². The van der Waals surface area contributed by atoms with Crippen molar-refractivity contribution in [2.75, 3.05) is 70.9 Å². The number of likely N-dealkylation sites (N-methyl/N-ethyl adjacent to an activating group) is 1. The molecule has 4 rings (SSSR count). The number of nitrogens with zero attached hydrogens (tertiary/aromatic N) is 2. The molecule has 460 valence electrons. The Bertz CT molecular complexity index is 2480. The molecule has 0 radical (unpaired) electrons. The molecule has 2 aliphatic rings. The van der Waals surface area contributed by atoms with Crippen LogP contribution in [0.3, 0.4) is 0 Å². The number of piperazine rings is 1. The molecule has 10 amide bonds. The predicted molar refractivity (Wildman–Crippen MR) is 308 cm³/mol. The Morgan fingerprint density at radius 3 is 1.63 bits per heavy atom. The molecule has 0 aromatic heterocycles. The highest BCUT2D eigenvalue weighted by molar-refractivity contribution is 6.00. The number of hydrogen-bond donors (Lipinski definition) is 16. The fourth-order valence-corrected chi connectivity index (χ4v) is 9.29. The highest BCUT2D eigenvalue weighted by Crippen LogP contribution is 2.18. The van der Waals surface area contributed by atoms with Gasteiger partial charge in [0.2, 0.25) is 53.2 Å². The number of aliphatic hydroxyl groups excluding tert-OH is 2. The van der Waals surface area contributed by atoms with Crippen LogP contribution in [0.5, 0.6) is 0 Å². The molecule has 2 saturated heterocycles. The van der Waals surface area contributed by atoms with E-state index in [0.29, 0.717) is 5.56 Å². The fraction of sp³-hybridized carbons (Fsp3) is 0.600. The molecular weight excluding hydrogens is 1080 g/mol. The van der Waals surface area contributed by atoms with Crippen molar-refractivity contribution in [1.29, 1.82) is 0 Å². The molecule has 2 heterocycles. The Kier molecular flexibility index (Phi) is 28.2. The molecule has 2 aliphatic heterocycles. The first kappa shape index (κ1) is 68.2. The molecule has 0 aliphatic carbocycles. The third-order valence-corrected chi connectivity index (χ3v) is 14.1. The second-order valence-corrected chi connectivity index (χ2v) is 21.4. The number of aliphatic hydroxyl groups is 2. The van der Waals surface area contributed by atoms with Crippen LogP contribution in [-0.4, -0.2) is 207 Å². The van der Waals surface area contributed by atoms with E-state index in [1.54, 1.807) is 68.4 Å². The minimum atomic E-state index is -1.67. The van der Waals surface area contributed by atoms with E-state index in [-0.39, 0.29) is 76.2 Å². The number of nitrogens with one attached hydrogen (secondary N) is 10. The zero-order valence-corrected chi connectivity index (χ0v) is 48.1. The molecular formula is C55H88N16O12. The van der Waals surface area contributed by atoms with Gasteiger partial charge in [-0.05, 0) is 121 Å². The summed E-state index contributed by atoms with van der Waals surface area (Å²) in [6, 6.07) is 2.04. The van der Waals surface area contributed by atoms with Crippen LogP contribution in [0, 0.1) is 5.92 Å². The Hall–Kier alpha value is -7.34. The topological polar surface area (TPSA) is 442 Å². The maximum absolute atomic E-state index is 14.5. The minimum absolute atomic E-state index is 0.0563. The van der Waals surface area contributed by atoms with Crippen LogP contribution in [0.4, 0.5) is 5.69 Å². The molecule has 83 heavy (non-hydrogen) atoms. The Balaban J connectivity index is 1.70. The maximum Gasteiger partial charge on any atom is 0.252 e. The highest BCUT2D eigenvalue weighted by atomic mass is 16.3. The van der Waals surface area contributed by atoms with Crippen molar-refractivity contribution in [3.8, 4) is 0 Å². The molecule has 0 spiro atoms. The first-order valence-corrected chi connectivity index (χ1v) is 28.3. The van der Waals surface area contributed by atoms with Crippen LogP contribution in [0.1, 0.15) is 82.1 Å². The van der Waals surface area contributed by atoms with Gasteiger partial charge in [-0.3, -0.25) is 47.9 Å². The second-order valence-electron chi connectivity index (χ2n) is 21.4. The van der Waals surface area contributed by atoms with Crippen LogP contribution >= 0.6 is 0 Å². The number of hydrogen-bond acceptors (Lipinski definition) is 18. The first-order chi connectivity index (χ1) is 39.5. The Morgan fingerprint density at radius 1 is 0.602 bits per heavy atom. The van der Waals surface area contributed by atoms with Crippen molar-refractivity contribution in [3.05, 3.63) is 65.7 Å². The van der Waals surface area contributed by atoms with E-state index < -0.39 is 139 Å². The molecule has 28 nitrogen and oxygen atoms in total. The number of benzene rings is 2. The van der Waals surface area contributed by atoms with Crippen LogP contribution < -0.4 is 81.0 Å². The summed E-state index contributed by atoms with van der Waals surface area (Å²) < 4.78 is 0. The summed E-state index contributed by atoms with van der Waals surface area (Å²) in [6.45, 7) is 8.34. The summed E-state index contributed by atoms with van der Waals surface area (Å²) in [4.78, 5) is 145. The number of carbonyl (C=O) groups excluding carboxylic acids is 10. The molecule has 2 fully saturated rings. The van der Waals surface area contributed by atoms with Crippen LogP contribution in [0.15, 0.2) is 54.6 Å². The van der Waals surface area contributed by atoms with E-state index >= 15 is 0 Å². The second kappa shape index (κ2) is 34.3. The SMILES string of the molecule is CC(C)C[C@@H]1NC(=O)[C@@H](Cc2ccccc2)NC(=O)[C@H](CCN)NC(=O)[C@@H](NC(=O)[C@H](CCN)NC(=O)[C@@H](NC(=O)c2ccc(N3CCN(C)CC3)cc2)C(C)O)CCNC(=O)[C@H](C(C)O)NC(=O)[C@H](CCN)NC(=O)[C@H](CCN)NC1=O. The zero-order chi connectivity index (χ0) is 61.3. The van der Waals surface area contributed by atoms with E-state index in [9.17, 15) is 58.2 Å². The maximum atomic E-state index is 14.5. The van der Waals surface area contributed by atoms with Gasteiger partial charge in [0.25, 0.3) is 5.91 Å². The summed E-state index contributed by atoms with van der Waals surface area (Å²) in [6.07, 6.45) is -4.23. The summed E-state index contributed by atoms with van der Waals surface area (Å²) in [5.74, 6) is -9.13. The molecule has 2 aromatic carbocycles. The minimum Gasteiger partial charge on any atom is -0.391 e. The number of anilines is 1. The predicted octanol–water partition coefficient (Wildman–Crippen LogP) is -5.62. The van der Waals surface area contributed by atoms with E-state index in [4.69, 9.17) is 22.9 Å². The van der Waals surface area contributed by atoms with Gasteiger partial charge in [0.1, 0.15) is 54.4 Å². The van der Waals surface area contributed by atoms with Gasteiger partial charge >= 0.3 is 0 Å². The molecule has 28 heteroatoms. The Labute approximate surface area is 484 Å². The van der Waals surface area contributed by atoms with Crippen molar-refractivity contribution >= 4 is 64.8 Å².